The van der Waals surface area contributed by atoms with E-state index in [2.05, 4.69) is 0 Å². The Labute approximate surface area is 75.9 Å². The van der Waals surface area contributed by atoms with Gasteiger partial charge in [-0.05, 0) is 18.1 Å². The lowest BCUT2D eigenvalue weighted by Gasteiger charge is -2.21. The Morgan fingerprint density at radius 2 is 2.08 bits per heavy atom. The Kier molecular flexibility index (Phi) is 1.77. The Balaban J connectivity index is 2.49. The lowest BCUT2D eigenvalue weighted by atomic mass is 10.0. The van der Waals surface area contributed by atoms with Crippen LogP contribution in [0.15, 0.2) is 24.3 Å². The number of fused-ring (bicyclic) bond motifs is 1. The third-order valence-electron chi connectivity index (χ3n) is 2.05. The first-order valence-electron chi connectivity index (χ1n) is 3.84. The molecule has 0 N–H and O–H groups in total. The summed E-state index contributed by atoms with van der Waals surface area (Å²) < 4.78 is 1.24. The third-order valence-corrected chi connectivity index (χ3v) is 2.37. The molecule has 1 aromatic rings. The molecule has 1 aromatic carbocycles. The van der Waals surface area contributed by atoms with Gasteiger partial charge in [-0.1, -0.05) is 18.2 Å². The molecule has 1 heterocycles. The Morgan fingerprint density at radius 3 is 2.92 bits per heavy atom. The first-order chi connectivity index (χ1) is 5.79. The Morgan fingerprint density at radius 1 is 1.33 bits per heavy atom. The number of hydrogen-bond donors (Lipinski definition) is 0. The molecule has 0 aromatic heterocycles. The molecule has 3 heteroatoms. The van der Waals surface area contributed by atoms with Crippen molar-refractivity contribution in [1.29, 1.82) is 0 Å². The minimum Gasteiger partial charge on any atom is -0.268 e. The molecule has 62 valence electrons. The van der Waals surface area contributed by atoms with E-state index >= 15 is 0 Å². The van der Waals surface area contributed by atoms with Crippen LogP contribution in [0, 0.1) is 0 Å². The summed E-state index contributed by atoms with van der Waals surface area (Å²) in [6, 6.07) is 7.58. The number of rotatable bonds is 0. The van der Waals surface area contributed by atoms with Gasteiger partial charge < -0.3 is 0 Å². The zero-order chi connectivity index (χ0) is 8.55. The Bertz CT molecular complexity index is 324. The minimum atomic E-state index is -0.0847. The van der Waals surface area contributed by atoms with Crippen molar-refractivity contribution in [2.75, 3.05) is 6.54 Å². The van der Waals surface area contributed by atoms with E-state index in [1.54, 1.807) is 0 Å². The van der Waals surface area contributed by atoms with Gasteiger partial charge in [0, 0.05) is 23.9 Å². The van der Waals surface area contributed by atoms with Crippen molar-refractivity contribution in [2.45, 2.75) is 6.42 Å². The number of nitrogens with zero attached hydrogens (tertiary/aromatic N) is 1. The van der Waals surface area contributed by atoms with Crippen LogP contribution in [0.25, 0.3) is 0 Å². The molecule has 0 atom stereocenters. The van der Waals surface area contributed by atoms with Crippen LogP contribution in [-0.4, -0.2) is 16.9 Å². The zero-order valence-corrected chi connectivity index (χ0v) is 7.21. The van der Waals surface area contributed by atoms with E-state index in [1.807, 2.05) is 24.3 Å². The zero-order valence-electron chi connectivity index (χ0n) is 6.46. The molecule has 0 radical (unpaired) electrons. The maximum atomic E-state index is 11.4. The smallest absolute Gasteiger partial charge is 0.268 e. The van der Waals surface area contributed by atoms with Crippen LogP contribution < -0.4 is 0 Å². The largest absolute Gasteiger partial charge is 0.268 e. The summed E-state index contributed by atoms with van der Waals surface area (Å²) in [7, 11) is 0. The summed E-state index contributed by atoms with van der Waals surface area (Å²) in [5, 5.41) is 0. The number of hydrogen-bond acceptors (Lipinski definition) is 1. The average molecular weight is 182 g/mol. The standard InChI is InChI=1S/C9H8ClNO/c10-11-6-5-7-3-1-2-4-8(7)9(11)12/h1-4H,5-6H2. The highest BCUT2D eigenvalue weighted by Crippen LogP contribution is 2.19. The summed E-state index contributed by atoms with van der Waals surface area (Å²) >= 11 is 5.68. The predicted octanol–water partition coefficient (Wildman–Crippen LogP) is 1.84. The van der Waals surface area contributed by atoms with Crippen LogP contribution in [0.5, 0.6) is 0 Å². The fourth-order valence-corrected chi connectivity index (χ4v) is 1.57. The first-order valence-corrected chi connectivity index (χ1v) is 4.18. The van der Waals surface area contributed by atoms with Gasteiger partial charge >= 0.3 is 0 Å². The maximum Gasteiger partial charge on any atom is 0.268 e. The molecule has 0 saturated heterocycles. The predicted molar refractivity (Wildman–Crippen MR) is 47.0 cm³/mol. The second-order valence-electron chi connectivity index (χ2n) is 2.80. The van der Waals surface area contributed by atoms with Crippen molar-refractivity contribution in [1.82, 2.24) is 4.42 Å². The van der Waals surface area contributed by atoms with Crippen LogP contribution in [0.1, 0.15) is 15.9 Å². The summed E-state index contributed by atoms with van der Waals surface area (Å²) in [6.45, 7) is 0.609. The van der Waals surface area contributed by atoms with E-state index in [0.29, 0.717) is 6.54 Å². The number of carbonyl (C=O) groups excluding carboxylic acids is 1. The second-order valence-corrected chi connectivity index (χ2v) is 3.21. The summed E-state index contributed by atoms with van der Waals surface area (Å²) in [4.78, 5) is 11.4. The molecule has 0 spiro atoms. The van der Waals surface area contributed by atoms with Crippen LogP contribution in [0.3, 0.4) is 0 Å². The van der Waals surface area contributed by atoms with Crippen LogP contribution >= 0.6 is 11.8 Å². The lowest BCUT2D eigenvalue weighted by Crippen LogP contribution is -2.29. The highest BCUT2D eigenvalue weighted by atomic mass is 35.5. The van der Waals surface area contributed by atoms with E-state index in [1.165, 1.54) is 4.42 Å². The van der Waals surface area contributed by atoms with Gasteiger partial charge in [0.05, 0.1) is 0 Å². The van der Waals surface area contributed by atoms with E-state index in [-0.39, 0.29) is 5.91 Å². The van der Waals surface area contributed by atoms with Crippen molar-refractivity contribution >= 4 is 17.7 Å². The van der Waals surface area contributed by atoms with Crippen molar-refractivity contribution in [2.24, 2.45) is 0 Å². The highest BCUT2D eigenvalue weighted by Gasteiger charge is 2.21. The van der Waals surface area contributed by atoms with Crippen LogP contribution in [0.2, 0.25) is 0 Å². The fourth-order valence-electron chi connectivity index (χ4n) is 1.40. The second kappa shape index (κ2) is 2.79. The van der Waals surface area contributed by atoms with Crippen LogP contribution in [0.4, 0.5) is 0 Å². The summed E-state index contributed by atoms with van der Waals surface area (Å²) in [5.41, 5.74) is 1.83. The molecule has 0 bridgehead atoms. The number of halogens is 1. The molecule has 0 unspecified atom stereocenters. The molecule has 2 rings (SSSR count). The van der Waals surface area contributed by atoms with Gasteiger partial charge in [0.2, 0.25) is 0 Å². The van der Waals surface area contributed by atoms with Crippen LogP contribution in [-0.2, 0) is 6.42 Å². The normalized spacial score (nSPS) is 16.1. The first kappa shape index (κ1) is 7.62. The van der Waals surface area contributed by atoms with Crippen molar-refractivity contribution < 1.29 is 4.79 Å². The van der Waals surface area contributed by atoms with Gasteiger partial charge in [0.25, 0.3) is 5.91 Å². The monoisotopic (exact) mass is 181 g/mol. The van der Waals surface area contributed by atoms with Crippen molar-refractivity contribution in [3.05, 3.63) is 35.4 Å². The molecule has 1 aliphatic heterocycles. The highest BCUT2D eigenvalue weighted by molar-refractivity contribution is 6.24. The molecule has 0 saturated carbocycles. The third kappa shape index (κ3) is 1.08. The van der Waals surface area contributed by atoms with Crippen molar-refractivity contribution in [3.63, 3.8) is 0 Å². The van der Waals surface area contributed by atoms with Gasteiger partial charge in [-0.2, -0.15) is 0 Å². The molecule has 0 aliphatic carbocycles. The molecule has 1 amide bonds. The Hall–Kier alpha value is -1.02. The summed E-state index contributed by atoms with van der Waals surface area (Å²) in [6.07, 6.45) is 0.853. The average Bonchev–Trinajstić information content (AvgIpc) is 2.12. The SMILES string of the molecule is O=C1c2ccccc2CCN1Cl. The quantitative estimate of drug-likeness (QED) is 0.560. The van der Waals surface area contributed by atoms with Gasteiger partial charge in [0.15, 0.2) is 0 Å². The van der Waals surface area contributed by atoms with E-state index in [9.17, 15) is 4.79 Å². The molecule has 12 heavy (non-hydrogen) atoms. The molecule has 0 fully saturated rings. The minimum absolute atomic E-state index is 0.0847. The maximum absolute atomic E-state index is 11.4. The van der Waals surface area contributed by atoms with Gasteiger partial charge in [-0.3, -0.25) is 9.21 Å². The van der Waals surface area contributed by atoms with E-state index in [0.717, 1.165) is 17.5 Å². The number of benzene rings is 1. The molecule has 2 nitrogen and oxygen atoms in total. The summed E-state index contributed by atoms with van der Waals surface area (Å²) in [5.74, 6) is -0.0847. The van der Waals surface area contributed by atoms with Gasteiger partial charge in [-0.15, -0.1) is 0 Å². The van der Waals surface area contributed by atoms with E-state index in [4.69, 9.17) is 11.8 Å². The van der Waals surface area contributed by atoms with Gasteiger partial charge in [-0.25, -0.2) is 0 Å². The molecule has 1 aliphatic rings. The number of amides is 1. The topological polar surface area (TPSA) is 20.3 Å². The molecular formula is C9H8ClNO. The fraction of sp³-hybridized carbons (Fsp3) is 0.222. The lowest BCUT2D eigenvalue weighted by molar-refractivity contribution is 0.0852. The van der Waals surface area contributed by atoms with Crippen molar-refractivity contribution in [3.8, 4) is 0 Å². The van der Waals surface area contributed by atoms with E-state index < -0.39 is 0 Å². The van der Waals surface area contributed by atoms with Gasteiger partial charge in [0.1, 0.15) is 0 Å². The molecular weight excluding hydrogens is 174 g/mol. The number of carbonyl (C=O) groups is 1.